The minimum Gasteiger partial charge on any atom is -0.395 e. The van der Waals surface area contributed by atoms with E-state index < -0.39 is 0 Å². The number of H-pyrrole nitrogens is 1. The van der Waals surface area contributed by atoms with E-state index in [1.54, 1.807) is 0 Å². The molecule has 5 heteroatoms. The molecule has 0 bridgehead atoms. The molecule has 2 N–H and O–H groups in total. The lowest BCUT2D eigenvalue weighted by molar-refractivity contribution is 0.114. The minimum atomic E-state index is 0.119. The maximum Gasteiger partial charge on any atom is 0.125 e. The summed E-state index contributed by atoms with van der Waals surface area (Å²) in [6.07, 6.45) is 2.99. The second-order valence-corrected chi connectivity index (χ2v) is 7.14. The number of rotatable bonds is 5. The number of benzene rings is 2. The molecule has 0 amide bonds. The van der Waals surface area contributed by atoms with Crippen molar-refractivity contribution in [2.75, 3.05) is 13.2 Å². The van der Waals surface area contributed by atoms with Crippen molar-refractivity contribution in [2.45, 2.75) is 31.3 Å². The van der Waals surface area contributed by atoms with Gasteiger partial charge in [0.25, 0.3) is 0 Å². The number of aliphatic hydroxyl groups is 1. The first-order chi connectivity index (χ1) is 12.2. The minimum absolute atomic E-state index is 0.119. The molecular weight excluding hydrogens is 334 g/mol. The number of hydrogen-bond acceptors (Lipinski definition) is 3. The Kier molecular flexibility index (Phi) is 4.75. The lowest BCUT2D eigenvalue weighted by Gasteiger charge is -2.31. The molecule has 4 rings (SSSR count). The van der Waals surface area contributed by atoms with Gasteiger partial charge in [-0.15, -0.1) is 0 Å². The number of nitrogens with one attached hydrogen (secondary N) is 1. The van der Waals surface area contributed by atoms with Gasteiger partial charge in [-0.25, -0.2) is 4.98 Å². The molecule has 2 atom stereocenters. The molecule has 4 nitrogen and oxygen atoms in total. The maximum absolute atomic E-state index is 9.78. The zero-order chi connectivity index (χ0) is 17.2. The van der Waals surface area contributed by atoms with E-state index in [0.29, 0.717) is 0 Å². The second-order valence-electron chi connectivity index (χ2n) is 6.70. The second kappa shape index (κ2) is 7.16. The van der Waals surface area contributed by atoms with Crippen molar-refractivity contribution in [3.63, 3.8) is 0 Å². The van der Waals surface area contributed by atoms with Crippen molar-refractivity contribution >= 4 is 22.6 Å². The van der Waals surface area contributed by atoms with E-state index >= 15 is 0 Å². The Balaban J connectivity index is 1.70. The summed E-state index contributed by atoms with van der Waals surface area (Å²) in [6.45, 7) is 1.18. The third-order valence-corrected chi connectivity index (χ3v) is 5.35. The van der Waals surface area contributed by atoms with Crippen LogP contribution in [0.25, 0.3) is 11.0 Å². The van der Waals surface area contributed by atoms with Crippen LogP contribution in [0.2, 0.25) is 5.02 Å². The van der Waals surface area contributed by atoms with Crippen molar-refractivity contribution in [2.24, 2.45) is 0 Å². The van der Waals surface area contributed by atoms with Crippen LogP contribution in [0.4, 0.5) is 0 Å². The highest BCUT2D eigenvalue weighted by Crippen LogP contribution is 2.32. The molecule has 0 spiro atoms. The lowest BCUT2D eigenvalue weighted by atomic mass is 10.0. The summed E-state index contributed by atoms with van der Waals surface area (Å²) >= 11 is 6.03. The summed E-state index contributed by atoms with van der Waals surface area (Å²) in [5.74, 6) is 0.969. The molecule has 2 heterocycles. The topological polar surface area (TPSA) is 52.1 Å². The highest BCUT2D eigenvalue weighted by molar-refractivity contribution is 6.30. The van der Waals surface area contributed by atoms with Gasteiger partial charge in [-0.05, 0) is 55.6 Å². The first kappa shape index (κ1) is 16.6. The zero-order valence-electron chi connectivity index (χ0n) is 14.0. The SMILES string of the molecule is OCC1CCCN1C(Cc1ccc(Cl)cc1)c1nc2ccccc2[nH]1. The van der Waals surface area contributed by atoms with E-state index in [1.165, 1.54) is 5.56 Å². The Morgan fingerprint density at radius 1 is 1.20 bits per heavy atom. The van der Waals surface area contributed by atoms with Crippen molar-refractivity contribution < 1.29 is 5.11 Å². The largest absolute Gasteiger partial charge is 0.395 e. The van der Waals surface area contributed by atoms with Gasteiger partial charge in [0.15, 0.2) is 0 Å². The van der Waals surface area contributed by atoms with Gasteiger partial charge < -0.3 is 10.1 Å². The normalized spacial score (nSPS) is 19.5. The number of hydrogen-bond donors (Lipinski definition) is 2. The van der Waals surface area contributed by atoms with Crippen LogP contribution < -0.4 is 0 Å². The number of aromatic nitrogens is 2. The summed E-state index contributed by atoms with van der Waals surface area (Å²) in [5, 5.41) is 10.5. The lowest BCUT2D eigenvalue weighted by Crippen LogP contribution is -2.37. The van der Waals surface area contributed by atoms with Crippen molar-refractivity contribution in [1.29, 1.82) is 0 Å². The standard InChI is InChI=1S/C20H22ClN3O/c21-15-9-7-14(8-10-15)12-19(24-11-3-4-16(24)13-25)20-22-17-5-1-2-6-18(17)23-20/h1-2,5-10,16,19,25H,3-4,11-13H2,(H,22,23). The van der Waals surface area contributed by atoms with Crippen LogP contribution in [0.5, 0.6) is 0 Å². The predicted molar refractivity (Wildman–Crippen MR) is 101 cm³/mol. The molecule has 0 saturated carbocycles. The number of fused-ring (bicyclic) bond motifs is 1. The first-order valence-electron chi connectivity index (χ1n) is 8.80. The van der Waals surface area contributed by atoms with Crippen LogP contribution in [0.15, 0.2) is 48.5 Å². The van der Waals surface area contributed by atoms with Crippen molar-refractivity contribution in [3.8, 4) is 0 Å². The molecule has 130 valence electrons. The quantitative estimate of drug-likeness (QED) is 0.728. The van der Waals surface area contributed by atoms with Gasteiger partial charge in [-0.3, -0.25) is 4.90 Å². The first-order valence-corrected chi connectivity index (χ1v) is 9.18. The highest BCUT2D eigenvalue weighted by atomic mass is 35.5. The number of aliphatic hydroxyl groups excluding tert-OH is 1. The molecule has 1 aliphatic rings. The summed E-state index contributed by atoms with van der Waals surface area (Å²) in [6, 6.07) is 16.4. The zero-order valence-corrected chi connectivity index (χ0v) is 14.8. The van der Waals surface area contributed by atoms with Gasteiger partial charge >= 0.3 is 0 Å². The summed E-state index contributed by atoms with van der Waals surface area (Å²) < 4.78 is 0. The van der Waals surface area contributed by atoms with Gasteiger partial charge in [0.05, 0.1) is 23.7 Å². The van der Waals surface area contributed by atoms with Crippen LogP contribution in [0.3, 0.4) is 0 Å². The van der Waals surface area contributed by atoms with E-state index in [1.807, 2.05) is 30.3 Å². The van der Waals surface area contributed by atoms with Crippen LogP contribution in [0, 0.1) is 0 Å². The number of nitrogens with zero attached hydrogens (tertiary/aromatic N) is 2. The molecule has 2 unspecified atom stereocenters. The molecule has 1 aromatic heterocycles. The van der Waals surface area contributed by atoms with Gasteiger partial charge in [0.1, 0.15) is 5.82 Å². The molecule has 3 aromatic rings. The molecule has 25 heavy (non-hydrogen) atoms. The van der Waals surface area contributed by atoms with Crippen molar-refractivity contribution in [3.05, 3.63) is 64.9 Å². The van der Waals surface area contributed by atoms with E-state index in [2.05, 4.69) is 28.1 Å². The molecule has 0 radical (unpaired) electrons. The Morgan fingerprint density at radius 3 is 2.76 bits per heavy atom. The number of halogens is 1. The molecule has 1 saturated heterocycles. The average Bonchev–Trinajstić information content (AvgIpc) is 3.27. The fraction of sp³-hybridized carbons (Fsp3) is 0.350. The monoisotopic (exact) mass is 355 g/mol. The number of para-hydroxylation sites is 2. The summed E-state index contributed by atoms with van der Waals surface area (Å²) in [4.78, 5) is 10.7. The van der Waals surface area contributed by atoms with Crippen LogP contribution in [0.1, 0.15) is 30.3 Å². The number of likely N-dealkylation sites (tertiary alicyclic amines) is 1. The van der Waals surface area contributed by atoms with E-state index in [-0.39, 0.29) is 18.7 Å². The smallest absolute Gasteiger partial charge is 0.125 e. The Labute approximate surface area is 152 Å². The molecule has 1 fully saturated rings. The van der Waals surface area contributed by atoms with Gasteiger partial charge in [-0.1, -0.05) is 35.9 Å². The van der Waals surface area contributed by atoms with E-state index in [0.717, 1.165) is 47.7 Å². The highest BCUT2D eigenvalue weighted by Gasteiger charge is 2.33. The predicted octanol–water partition coefficient (Wildman–Crippen LogP) is 3.96. The van der Waals surface area contributed by atoms with E-state index in [4.69, 9.17) is 16.6 Å². The molecule has 2 aromatic carbocycles. The van der Waals surface area contributed by atoms with Gasteiger partial charge in [0, 0.05) is 11.1 Å². The molecular formula is C20H22ClN3O. The Bertz CT molecular complexity index is 813. The average molecular weight is 356 g/mol. The fourth-order valence-electron chi connectivity index (χ4n) is 3.81. The Morgan fingerprint density at radius 2 is 2.00 bits per heavy atom. The summed E-state index contributed by atoms with van der Waals surface area (Å²) in [5.41, 5.74) is 3.26. The maximum atomic E-state index is 9.78. The third kappa shape index (κ3) is 3.43. The number of aromatic amines is 1. The van der Waals surface area contributed by atoms with Gasteiger partial charge in [-0.2, -0.15) is 0 Å². The molecule has 0 aliphatic carbocycles. The number of imidazole rings is 1. The third-order valence-electron chi connectivity index (χ3n) is 5.10. The van der Waals surface area contributed by atoms with Crippen molar-refractivity contribution in [1.82, 2.24) is 14.9 Å². The fourth-order valence-corrected chi connectivity index (χ4v) is 3.94. The Hall–Kier alpha value is -1.88. The van der Waals surface area contributed by atoms with Gasteiger partial charge in [0.2, 0.25) is 0 Å². The van der Waals surface area contributed by atoms with Crippen LogP contribution >= 0.6 is 11.6 Å². The molecule has 1 aliphatic heterocycles. The van der Waals surface area contributed by atoms with Crippen LogP contribution in [-0.4, -0.2) is 39.2 Å². The van der Waals surface area contributed by atoms with Crippen LogP contribution in [-0.2, 0) is 6.42 Å². The summed E-state index contributed by atoms with van der Waals surface area (Å²) in [7, 11) is 0. The van der Waals surface area contributed by atoms with E-state index in [9.17, 15) is 5.11 Å².